The summed E-state index contributed by atoms with van der Waals surface area (Å²) in [7, 11) is 1.17. The van der Waals surface area contributed by atoms with Gasteiger partial charge in [-0.1, -0.05) is 438 Å². The molecule has 0 saturated carbocycles. The van der Waals surface area contributed by atoms with Gasteiger partial charge in [-0.05, 0) is 83.5 Å². The minimum absolute atomic E-state index is 0.0334. The first-order valence-electron chi connectivity index (χ1n) is 44.6. The number of phosphoric acid groups is 1. The molecular formula is C94H170NO8P. The number of phosphoric ester groups is 1. The van der Waals surface area contributed by atoms with Crippen LogP contribution in [0, 0.1) is 0 Å². The van der Waals surface area contributed by atoms with Crippen molar-refractivity contribution in [2.45, 2.75) is 431 Å². The molecule has 10 heteroatoms. The van der Waals surface area contributed by atoms with Crippen molar-refractivity contribution in [2.24, 2.45) is 0 Å². The van der Waals surface area contributed by atoms with Crippen molar-refractivity contribution in [3.05, 3.63) is 109 Å². The van der Waals surface area contributed by atoms with Gasteiger partial charge in [0.25, 0.3) is 7.82 Å². The number of ether oxygens (including phenoxy) is 2. The average molecular weight is 1470 g/mol. The molecule has 0 aliphatic carbocycles. The van der Waals surface area contributed by atoms with Gasteiger partial charge in [0.05, 0.1) is 27.7 Å². The zero-order chi connectivity index (χ0) is 75.4. The predicted octanol–water partition coefficient (Wildman–Crippen LogP) is 29.7. The summed E-state index contributed by atoms with van der Waals surface area (Å²) in [4.78, 5) is 38.3. The minimum Gasteiger partial charge on any atom is -0.756 e. The van der Waals surface area contributed by atoms with Gasteiger partial charge in [-0.25, -0.2) is 0 Å². The molecule has 0 aromatic rings. The van der Waals surface area contributed by atoms with Gasteiger partial charge in [0.1, 0.15) is 19.8 Å². The van der Waals surface area contributed by atoms with Gasteiger partial charge in [0.15, 0.2) is 6.10 Å². The van der Waals surface area contributed by atoms with E-state index in [0.717, 1.165) is 103 Å². The number of carbonyl (C=O) groups is 2. The fourth-order valence-electron chi connectivity index (χ4n) is 13.1. The van der Waals surface area contributed by atoms with E-state index in [1.165, 1.54) is 289 Å². The third kappa shape index (κ3) is 87.6. The smallest absolute Gasteiger partial charge is 0.306 e. The Kier molecular flexibility index (Phi) is 81.0. The molecule has 0 radical (unpaired) electrons. The highest BCUT2D eigenvalue weighted by Gasteiger charge is 2.22. The van der Waals surface area contributed by atoms with E-state index in [1.54, 1.807) is 0 Å². The molecule has 0 aliphatic heterocycles. The topological polar surface area (TPSA) is 111 Å². The van der Waals surface area contributed by atoms with Crippen LogP contribution in [0.3, 0.4) is 0 Å². The summed E-state index contributed by atoms with van der Waals surface area (Å²) in [5, 5.41) is 0. The SMILES string of the molecule is CC/C=C\C/C=C\C/C=C\C/C=C\C/C=C\C/C=C\C/C=C\C/C=C\C/C=C\CCCCCCCCCCCCCC(=O)OC(COC(=O)CCCCCCCCCCCCCCCCCCCCCCCCCCCCCCCCCCCCCCCCCCC)COP(=O)([O-])OCC[N+](C)(C)C. The molecule has 0 amide bonds. The van der Waals surface area contributed by atoms with Crippen LogP contribution in [0.15, 0.2) is 109 Å². The van der Waals surface area contributed by atoms with Crippen molar-refractivity contribution < 1.29 is 42.1 Å². The van der Waals surface area contributed by atoms with E-state index in [2.05, 4.69) is 123 Å². The van der Waals surface area contributed by atoms with E-state index in [0.29, 0.717) is 17.4 Å². The van der Waals surface area contributed by atoms with Crippen LogP contribution in [-0.4, -0.2) is 70.0 Å². The molecule has 9 nitrogen and oxygen atoms in total. The maximum atomic E-state index is 12.9. The van der Waals surface area contributed by atoms with E-state index in [4.69, 9.17) is 18.5 Å². The fraction of sp³-hybridized carbons (Fsp3) is 0.787. The summed E-state index contributed by atoms with van der Waals surface area (Å²) in [6.07, 6.45) is 120. The molecule has 604 valence electrons. The molecule has 2 atom stereocenters. The predicted molar refractivity (Wildman–Crippen MR) is 452 cm³/mol. The molecule has 0 saturated heterocycles. The second kappa shape index (κ2) is 83.7. The third-order valence-corrected chi connectivity index (χ3v) is 20.8. The highest BCUT2D eigenvalue weighted by molar-refractivity contribution is 7.45. The Morgan fingerprint density at radius 2 is 0.548 bits per heavy atom. The zero-order valence-electron chi connectivity index (χ0n) is 69.2. The number of quaternary nitrogens is 1. The maximum absolute atomic E-state index is 12.9. The lowest BCUT2D eigenvalue weighted by atomic mass is 10.0. The Bertz CT molecular complexity index is 2130. The molecule has 0 heterocycles. The molecule has 0 rings (SSSR count). The van der Waals surface area contributed by atoms with Crippen LogP contribution in [0.5, 0.6) is 0 Å². The highest BCUT2D eigenvalue weighted by atomic mass is 31.2. The molecular weight excluding hydrogens is 1300 g/mol. The Labute approximate surface area is 646 Å². The van der Waals surface area contributed by atoms with Gasteiger partial charge in [-0.15, -0.1) is 0 Å². The van der Waals surface area contributed by atoms with Crippen LogP contribution >= 0.6 is 7.82 Å². The first-order chi connectivity index (χ1) is 51.0. The molecule has 0 aromatic heterocycles. The number of rotatable bonds is 83. The summed E-state index contributed by atoms with van der Waals surface area (Å²) in [6.45, 7) is 4.18. The summed E-state index contributed by atoms with van der Waals surface area (Å²) in [5.41, 5.74) is 0. The summed E-state index contributed by atoms with van der Waals surface area (Å²) in [5.74, 6) is -0.823. The lowest BCUT2D eigenvalue weighted by molar-refractivity contribution is -0.870. The van der Waals surface area contributed by atoms with E-state index >= 15 is 0 Å². The van der Waals surface area contributed by atoms with Crippen LogP contribution < -0.4 is 4.89 Å². The zero-order valence-corrected chi connectivity index (χ0v) is 70.1. The van der Waals surface area contributed by atoms with Crippen LogP contribution in [0.2, 0.25) is 0 Å². The number of likely N-dealkylation sites (N-methyl/N-ethyl adjacent to an activating group) is 1. The van der Waals surface area contributed by atoms with Gasteiger partial charge in [0, 0.05) is 12.8 Å². The lowest BCUT2D eigenvalue weighted by Gasteiger charge is -2.28. The number of unbranched alkanes of at least 4 members (excludes halogenated alkanes) is 51. The normalized spacial score (nSPS) is 13.5. The van der Waals surface area contributed by atoms with E-state index in [9.17, 15) is 19.0 Å². The molecule has 0 fully saturated rings. The number of carbonyl (C=O) groups excluding carboxylic acids is 2. The van der Waals surface area contributed by atoms with Gasteiger partial charge in [-0.2, -0.15) is 0 Å². The largest absolute Gasteiger partial charge is 0.756 e. The Morgan fingerprint density at radius 3 is 0.817 bits per heavy atom. The van der Waals surface area contributed by atoms with Crippen molar-refractivity contribution in [3.8, 4) is 0 Å². The van der Waals surface area contributed by atoms with E-state index in [-0.39, 0.29) is 32.0 Å². The van der Waals surface area contributed by atoms with Crippen molar-refractivity contribution in [1.82, 2.24) is 0 Å². The van der Waals surface area contributed by atoms with E-state index < -0.39 is 26.5 Å². The highest BCUT2D eigenvalue weighted by Crippen LogP contribution is 2.38. The molecule has 0 bridgehead atoms. The monoisotopic (exact) mass is 1470 g/mol. The molecule has 104 heavy (non-hydrogen) atoms. The first-order valence-corrected chi connectivity index (χ1v) is 46.1. The van der Waals surface area contributed by atoms with Crippen molar-refractivity contribution >= 4 is 19.8 Å². The Hall–Kier alpha value is -3.33. The van der Waals surface area contributed by atoms with Crippen LogP contribution in [-0.2, 0) is 32.7 Å². The van der Waals surface area contributed by atoms with Gasteiger partial charge >= 0.3 is 11.9 Å². The first kappa shape index (κ1) is 101. The van der Waals surface area contributed by atoms with Gasteiger partial charge in [-0.3, -0.25) is 14.2 Å². The van der Waals surface area contributed by atoms with Gasteiger partial charge in [0.2, 0.25) is 0 Å². The third-order valence-electron chi connectivity index (χ3n) is 19.8. The van der Waals surface area contributed by atoms with Crippen LogP contribution in [0.1, 0.15) is 425 Å². The maximum Gasteiger partial charge on any atom is 0.306 e. The molecule has 0 spiro atoms. The van der Waals surface area contributed by atoms with Crippen molar-refractivity contribution in [2.75, 3.05) is 47.5 Å². The Morgan fingerprint density at radius 1 is 0.308 bits per heavy atom. The van der Waals surface area contributed by atoms with Crippen LogP contribution in [0.25, 0.3) is 0 Å². The molecule has 0 aliphatic rings. The number of nitrogens with zero attached hydrogens (tertiary/aromatic N) is 1. The average Bonchev–Trinajstić information content (AvgIpc) is 0.915. The molecule has 0 aromatic carbocycles. The number of esters is 2. The second-order valence-electron chi connectivity index (χ2n) is 31.2. The molecule has 0 N–H and O–H groups in total. The standard InChI is InChI=1S/C94H170NO8P/c1-6-8-10-12-14-16-18-20-22-24-26-28-30-32-34-36-38-40-42-44-46-47-49-50-52-54-56-58-60-62-64-66-68-70-72-74-76-78-80-82-84-86-93(96)100-90-92(91-102-104(98,99)101-89-88-95(3,4)5)103-94(97)87-85-83-81-79-77-75-73-71-69-67-65-63-61-59-57-55-53-51-48-45-43-41-39-37-35-33-31-29-27-25-23-21-19-17-15-13-11-9-7-2/h9,11,15,17,21,23,27,29,33,35,39,41,45,48,53,55,59,61,92H,6-8,10,12-14,16,18-20,22,24-26,28,30-32,34,36-38,40,42-44,46-47,49-52,54,56-58,60,62-91H2,1-5H3/b11-9-,17-15-,23-21-,29-27-,35-33-,41-39-,48-45-,55-53-,61-59-. The number of hydrogen-bond acceptors (Lipinski definition) is 8. The fourth-order valence-corrected chi connectivity index (χ4v) is 13.8. The quantitative estimate of drug-likeness (QED) is 0.0195. The lowest BCUT2D eigenvalue weighted by Crippen LogP contribution is -2.37. The summed E-state index contributed by atoms with van der Waals surface area (Å²) in [6, 6.07) is 0. The number of hydrogen-bond donors (Lipinski definition) is 0. The Balaban J connectivity index is 3.91. The van der Waals surface area contributed by atoms with Crippen molar-refractivity contribution in [3.63, 3.8) is 0 Å². The van der Waals surface area contributed by atoms with Crippen LogP contribution in [0.4, 0.5) is 0 Å². The summed E-state index contributed by atoms with van der Waals surface area (Å²) < 4.78 is 34.5. The van der Waals surface area contributed by atoms with E-state index in [1.807, 2.05) is 21.1 Å². The van der Waals surface area contributed by atoms with Crippen molar-refractivity contribution in [1.29, 1.82) is 0 Å². The molecule has 2 unspecified atom stereocenters. The summed E-state index contributed by atoms with van der Waals surface area (Å²) >= 11 is 0. The van der Waals surface area contributed by atoms with Gasteiger partial charge < -0.3 is 27.9 Å². The minimum atomic E-state index is -4.65. The number of allylic oxidation sites excluding steroid dienone is 18. The second-order valence-corrected chi connectivity index (χ2v) is 32.7.